The summed E-state index contributed by atoms with van der Waals surface area (Å²) in [7, 11) is 0. The topological polar surface area (TPSA) is 37.4 Å². The minimum absolute atomic E-state index is 0.0103. The molecule has 0 aromatic rings. The van der Waals surface area contributed by atoms with E-state index in [-0.39, 0.29) is 29.2 Å². The highest BCUT2D eigenvalue weighted by Crippen LogP contribution is 2.46. The van der Waals surface area contributed by atoms with Gasteiger partial charge >= 0.3 is 0 Å². The molecule has 1 unspecified atom stereocenters. The molecule has 0 aromatic carbocycles. The van der Waals surface area contributed by atoms with Gasteiger partial charge in [0.2, 0.25) is 11.8 Å². The molecule has 18 heavy (non-hydrogen) atoms. The number of β-lactam (4-membered cyclic amide) rings is 2. The Labute approximate surface area is 111 Å². The summed E-state index contributed by atoms with van der Waals surface area (Å²) in [6, 6.07) is 0. The lowest BCUT2D eigenvalue weighted by molar-refractivity contribution is -0.171. The molecule has 1 rings (SSSR count). The van der Waals surface area contributed by atoms with Crippen LogP contribution in [-0.4, -0.2) is 22.3 Å². The zero-order chi connectivity index (χ0) is 14.0. The highest BCUT2D eigenvalue weighted by atomic mass is 16.2. The predicted molar refractivity (Wildman–Crippen MR) is 73.1 cm³/mol. The number of hydrogen-bond donors (Lipinski definition) is 0. The van der Waals surface area contributed by atoms with E-state index in [0.29, 0.717) is 0 Å². The average Bonchev–Trinajstić information content (AvgIpc) is 2.25. The molecule has 0 bridgehead atoms. The first-order chi connectivity index (χ1) is 8.30. The minimum Gasteiger partial charge on any atom is -0.276 e. The second-order valence-electron chi connectivity index (χ2n) is 6.27. The van der Waals surface area contributed by atoms with Crippen LogP contribution in [0.1, 0.15) is 73.1 Å². The van der Waals surface area contributed by atoms with Gasteiger partial charge in [0.15, 0.2) is 0 Å². The van der Waals surface area contributed by atoms with E-state index >= 15 is 0 Å². The number of nitrogens with zero attached hydrogens (tertiary/aromatic N) is 1. The van der Waals surface area contributed by atoms with E-state index in [0.717, 1.165) is 32.1 Å². The SMILES string of the molecule is CCCCC(C)(CCC)C(C)(C)N1C(=O)CC1=O. The Morgan fingerprint density at radius 2 is 1.56 bits per heavy atom. The lowest BCUT2D eigenvalue weighted by atomic mass is 9.65. The molecule has 3 nitrogen and oxygen atoms in total. The Balaban J connectivity index is 2.95. The summed E-state index contributed by atoms with van der Waals surface area (Å²) < 4.78 is 0. The van der Waals surface area contributed by atoms with Gasteiger partial charge in [0, 0.05) is 0 Å². The number of imide groups is 1. The number of carbonyl (C=O) groups is 2. The standard InChI is InChI=1S/C15H27NO2/c1-6-8-10-15(5,9-7-2)14(3,4)16-12(17)11-13(16)18/h6-11H2,1-5H3. The smallest absolute Gasteiger partial charge is 0.239 e. The summed E-state index contributed by atoms with van der Waals surface area (Å²) in [5, 5.41) is 0. The number of unbranched alkanes of at least 4 members (excludes halogenated alkanes) is 1. The number of amides is 2. The van der Waals surface area contributed by atoms with Crippen LogP contribution in [0.5, 0.6) is 0 Å². The Hall–Kier alpha value is -0.860. The second kappa shape index (κ2) is 5.41. The predicted octanol–water partition coefficient (Wildman–Crippen LogP) is 3.52. The third-order valence-corrected chi connectivity index (χ3v) is 4.72. The monoisotopic (exact) mass is 253 g/mol. The Morgan fingerprint density at radius 3 is 1.94 bits per heavy atom. The first-order valence-corrected chi connectivity index (χ1v) is 7.16. The zero-order valence-corrected chi connectivity index (χ0v) is 12.5. The molecule has 0 aliphatic carbocycles. The minimum atomic E-state index is -0.370. The first kappa shape index (κ1) is 15.2. The molecule has 2 amide bonds. The van der Waals surface area contributed by atoms with Crippen LogP contribution >= 0.6 is 0 Å². The largest absolute Gasteiger partial charge is 0.276 e. The van der Waals surface area contributed by atoms with Crippen molar-refractivity contribution in [3.05, 3.63) is 0 Å². The van der Waals surface area contributed by atoms with E-state index in [9.17, 15) is 9.59 Å². The van der Waals surface area contributed by atoms with Crippen molar-refractivity contribution in [3.8, 4) is 0 Å². The Bertz CT molecular complexity index is 321. The molecule has 1 aliphatic rings. The third kappa shape index (κ3) is 2.45. The van der Waals surface area contributed by atoms with Gasteiger partial charge in [-0.1, -0.05) is 40.0 Å². The lowest BCUT2D eigenvalue weighted by Gasteiger charge is -2.53. The molecule has 1 fully saturated rings. The van der Waals surface area contributed by atoms with Crippen molar-refractivity contribution in [1.29, 1.82) is 0 Å². The molecular weight excluding hydrogens is 226 g/mol. The van der Waals surface area contributed by atoms with E-state index in [2.05, 4.69) is 20.8 Å². The fourth-order valence-electron chi connectivity index (χ4n) is 3.08. The van der Waals surface area contributed by atoms with Gasteiger partial charge in [0.1, 0.15) is 6.42 Å². The maximum absolute atomic E-state index is 11.7. The number of rotatable bonds is 7. The molecule has 0 N–H and O–H groups in total. The molecular formula is C15H27NO2. The van der Waals surface area contributed by atoms with Gasteiger partial charge < -0.3 is 0 Å². The zero-order valence-electron chi connectivity index (χ0n) is 12.5. The van der Waals surface area contributed by atoms with Gasteiger partial charge in [-0.05, 0) is 32.1 Å². The fourth-order valence-corrected chi connectivity index (χ4v) is 3.08. The van der Waals surface area contributed by atoms with E-state index in [1.54, 1.807) is 0 Å². The Kier molecular flexibility index (Phi) is 4.57. The summed E-state index contributed by atoms with van der Waals surface area (Å²) in [5.41, 5.74) is -0.353. The molecule has 1 heterocycles. The molecule has 104 valence electrons. The molecule has 0 saturated carbocycles. The lowest BCUT2D eigenvalue weighted by Crippen LogP contribution is -2.65. The molecule has 0 radical (unpaired) electrons. The van der Waals surface area contributed by atoms with Gasteiger partial charge in [-0.3, -0.25) is 14.5 Å². The van der Waals surface area contributed by atoms with E-state index in [1.165, 1.54) is 4.90 Å². The highest BCUT2D eigenvalue weighted by Gasteiger charge is 2.52. The maximum Gasteiger partial charge on any atom is 0.239 e. The molecule has 0 spiro atoms. The molecule has 1 aliphatic heterocycles. The maximum atomic E-state index is 11.7. The van der Waals surface area contributed by atoms with Crippen molar-refractivity contribution >= 4 is 11.8 Å². The van der Waals surface area contributed by atoms with Gasteiger partial charge in [-0.15, -0.1) is 0 Å². The summed E-state index contributed by atoms with van der Waals surface area (Å²) in [5.74, 6) is -0.0207. The molecule has 3 heteroatoms. The number of hydrogen-bond acceptors (Lipinski definition) is 2. The third-order valence-electron chi connectivity index (χ3n) is 4.72. The van der Waals surface area contributed by atoms with Gasteiger partial charge in [0.05, 0.1) is 5.54 Å². The fraction of sp³-hybridized carbons (Fsp3) is 0.867. The van der Waals surface area contributed by atoms with Crippen molar-refractivity contribution in [2.24, 2.45) is 5.41 Å². The van der Waals surface area contributed by atoms with Crippen LogP contribution in [0.15, 0.2) is 0 Å². The van der Waals surface area contributed by atoms with Crippen molar-refractivity contribution in [3.63, 3.8) is 0 Å². The molecule has 1 saturated heterocycles. The quantitative estimate of drug-likeness (QED) is 0.514. The van der Waals surface area contributed by atoms with Crippen LogP contribution in [-0.2, 0) is 9.59 Å². The van der Waals surface area contributed by atoms with Crippen molar-refractivity contribution in [1.82, 2.24) is 4.90 Å². The van der Waals surface area contributed by atoms with Crippen LogP contribution in [0.2, 0.25) is 0 Å². The van der Waals surface area contributed by atoms with Crippen molar-refractivity contribution in [2.45, 2.75) is 78.7 Å². The Morgan fingerprint density at radius 1 is 1.00 bits per heavy atom. The van der Waals surface area contributed by atoms with E-state index in [4.69, 9.17) is 0 Å². The van der Waals surface area contributed by atoms with E-state index in [1.807, 2.05) is 13.8 Å². The average molecular weight is 253 g/mol. The number of likely N-dealkylation sites (tertiary alicyclic amines) is 1. The van der Waals surface area contributed by atoms with Gasteiger partial charge in [0.25, 0.3) is 0 Å². The summed E-state index contributed by atoms with van der Waals surface area (Å²) in [4.78, 5) is 24.9. The summed E-state index contributed by atoms with van der Waals surface area (Å²) in [6.07, 6.45) is 5.60. The summed E-state index contributed by atoms with van der Waals surface area (Å²) in [6.45, 7) is 10.7. The van der Waals surface area contributed by atoms with Gasteiger partial charge in [-0.25, -0.2) is 0 Å². The van der Waals surface area contributed by atoms with Crippen LogP contribution in [0.25, 0.3) is 0 Å². The number of carbonyl (C=O) groups excluding carboxylic acids is 2. The highest BCUT2D eigenvalue weighted by molar-refractivity contribution is 6.15. The summed E-state index contributed by atoms with van der Waals surface area (Å²) >= 11 is 0. The van der Waals surface area contributed by atoms with Crippen LogP contribution in [0.3, 0.4) is 0 Å². The van der Waals surface area contributed by atoms with Crippen LogP contribution in [0.4, 0.5) is 0 Å². The molecule has 0 aromatic heterocycles. The van der Waals surface area contributed by atoms with Gasteiger partial charge in [-0.2, -0.15) is 0 Å². The normalized spacial score (nSPS) is 19.7. The molecule has 1 atom stereocenters. The van der Waals surface area contributed by atoms with E-state index < -0.39 is 0 Å². The van der Waals surface area contributed by atoms with Crippen molar-refractivity contribution in [2.75, 3.05) is 0 Å². The second-order valence-corrected chi connectivity index (χ2v) is 6.27. The van der Waals surface area contributed by atoms with Crippen molar-refractivity contribution < 1.29 is 9.59 Å². The van der Waals surface area contributed by atoms with Crippen LogP contribution in [0, 0.1) is 5.41 Å². The first-order valence-electron chi connectivity index (χ1n) is 7.16. The van der Waals surface area contributed by atoms with Crippen LogP contribution < -0.4 is 0 Å².